The molecule has 0 aliphatic carbocycles. The summed E-state index contributed by atoms with van der Waals surface area (Å²) in [6, 6.07) is 11.8. The van der Waals surface area contributed by atoms with Crippen LogP contribution in [0.3, 0.4) is 0 Å². The van der Waals surface area contributed by atoms with Gasteiger partial charge in [-0.25, -0.2) is 4.79 Å². The molecule has 9 nitrogen and oxygen atoms in total. The Kier molecular flexibility index (Phi) is 4.63. The minimum Gasteiger partial charge on any atom is -0.452 e. The van der Waals surface area contributed by atoms with Gasteiger partial charge in [0.05, 0.1) is 17.9 Å². The Morgan fingerprint density at radius 2 is 2.04 bits per heavy atom. The van der Waals surface area contributed by atoms with Crippen LogP contribution in [0.25, 0.3) is 0 Å². The summed E-state index contributed by atoms with van der Waals surface area (Å²) in [5.74, 6) is -1.04. The molecule has 0 radical (unpaired) electrons. The lowest BCUT2D eigenvalue weighted by atomic mass is 10.2. The molecule has 0 bridgehead atoms. The topological polar surface area (TPSA) is 107 Å². The van der Waals surface area contributed by atoms with Crippen LogP contribution in [-0.2, 0) is 20.9 Å². The summed E-state index contributed by atoms with van der Waals surface area (Å²) in [6.07, 6.45) is 3.41. The van der Waals surface area contributed by atoms with Gasteiger partial charge in [0.2, 0.25) is 11.7 Å². The van der Waals surface area contributed by atoms with E-state index in [0.29, 0.717) is 23.7 Å². The standard InChI is InChI=1S/C19H16N4O5/c24-17-11-23(15-5-2-1-4-14(15)21-17)18(25)12-27-19(26)16-7-6-13(28-16)10-22-9-3-8-20-22/h1-9H,10-12H2,(H,21,24). The Hall–Kier alpha value is -3.88. The highest BCUT2D eigenvalue weighted by atomic mass is 16.5. The van der Waals surface area contributed by atoms with Gasteiger partial charge in [0.1, 0.15) is 12.3 Å². The first-order chi connectivity index (χ1) is 13.6. The van der Waals surface area contributed by atoms with Crippen molar-refractivity contribution in [3.05, 3.63) is 66.4 Å². The summed E-state index contributed by atoms with van der Waals surface area (Å²) < 4.78 is 12.2. The number of fused-ring (bicyclic) bond motifs is 1. The number of carbonyl (C=O) groups excluding carboxylic acids is 3. The molecule has 2 amide bonds. The lowest BCUT2D eigenvalue weighted by molar-refractivity contribution is -0.124. The van der Waals surface area contributed by atoms with E-state index in [0.717, 1.165) is 0 Å². The number of aromatic nitrogens is 2. The lowest BCUT2D eigenvalue weighted by Crippen LogP contribution is -2.44. The number of rotatable bonds is 5. The zero-order chi connectivity index (χ0) is 19.5. The van der Waals surface area contributed by atoms with Gasteiger partial charge in [-0.15, -0.1) is 0 Å². The molecule has 142 valence electrons. The van der Waals surface area contributed by atoms with Crippen molar-refractivity contribution in [2.45, 2.75) is 6.54 Å². The van der Waals surface area contributed by atoms with Gasteiger partial charge >= 0.3 is 5.97 Å². The second-order valence-corrected chi connectivity index (χ2v) is 6.09. The fourth-order valence-electron chi connectivity index (χ4n) is 2.86. The summed E-state index contributed by atoms with van der Waals surface area (Å²) >= 11 is 0. The van der Waals surface area contributed by atoms with Crippen molar-refractivity contribution in [2.24, 2.45) is 0 Å². The van der Waals surface area contributed by atoms with E-state index in [9.17, 15) is 14.4 Å². The Morgan fingerprint density at radius 3 is 2.86 bits per heavy atom. The van der Waals surface area contributed by atoms with Crippen molar-refractivity contribution in [1.82, 2.24) is 9.78 Å². The van der Waals surface area contributed by atoms with Gasteiger partial charge in [-0.05, 0) is 30.3 Å². The first kappa shape index (κ1) is 17.5. The molecular formula is C19H16N4O5. The number of ether oxygens (including phenoxy) is 1. The SMILES string of the molecule is O=C1CN(C(=O)COC(=O)c2ccc(Cn3cccn3)o2)c2ccccc2N1. The van der Waals surface area contributed by atoms with Crippen LogP contribution < -0.4 is 10.2 Å². The van der Waals surface area contributed by atoms with Gasteiger partial charge in [-0.3, -0.25) is 19.2 Å². The zero-order valence-corrected chi connectivity index (χ0v) is 14.7. The average Bonchev–Trinajstić information content (AvgIpc) is 3.37. The Balaban J connectivity index is 1.38. The molecule has 0 saturated heterocycles. The molecular weight excluding hydrogens is 364 g/mol. The van der Waals surface area contributed by atoms with E-state index in [1.807, 2.05) is 0 Å². The molecule has 1 aliphatic heterocycles. The molecule has 0 saturated carbocycles. The van der Waals surface area contributed by atoms with E-state index < -0.39 is 18.5 Å². The molecule has 3 aromatic rings. The number of anilines is 2. The Morgan fingerprint density at radius 1 is 1.18 bits per heavy atom. The Bertz CT molecular complexity index is 1020. The van der Waals surface area contributed by atoms with Gasteiger partial charge in [-0.1, -0.05) is 12.1 Å². The first-order valence-electron chi connectivity index (χ1n) is 8.52. The third kappa shape index (κ3) is 3.63. The van der Waals surface area contributed by atoms with Crippen molar-refractivity contribution in [3.63, 3.8) is 0 Å². The summed E-state index contributed by atoms with van der Waals surface area (Å²) in [4.78, 5) is 37.7. The van der Waals surface area contributed by atoms with Crippen molar-refractivity contribution in [3.8, 4) is 0 Å². The van der Waals surface area contributed by atoms with Crippen LogP contribution in [0.2, 0.25) is 0 Å². The molecule has 3 heterocycles. The maximum atomic E-state index is 12.5. The van der Waals surface area contributed by atoms with Crippen LogP contribution in [0.5, 0.6) is 0 Å². The van der Waals surface area contributed by atoms with Gasteiger partial charge in [-0.2, -0.15) is 5.10 Å². The fraction of sp³-hybridized carbons (Fsp3) is 0.158. The smallest absolute Gasteiger partial charge is 0.374 e. The van der Waals surface area contributed by atoms with E-state index in [4.69, 9.17) is 9.15 Å². The second-order valence-electron chi connectivity index (χ2n) is 6.09. The molecule has 28 heavy (non-hydrogen) atoms. The van der Waals surface area contributed by atoms with E-state index in [1.165, 1.54) is 11.0 Å². The summed E-state index contributed by atoms with van der Waals surface area (Å²) in [5, 5.41) is 6.75. The van der Waals surface area contributed by atoms with Crippen molar-refractivity contribution >= 4 is 29.2 Å². The molecule has 0 atom stereocenters. The lowest BCUT2D eigenvalue weighted by Gasteiger charge is -2.28. The van der Waals surface area contributed by atoms with Crippen LogP contribution in [0.4, 0.5) is 11.4 Å². The Labute approximate surface area is 159 Å². The molecule has 1 aliphatic rings. The fourth-order valence-corrected chi connectivity index (χ4v) is 2.86. The highest BCUT2D eigenvalue weighted by Crippen LogP contribution is 2.28. The number of hydrogen-bond acceptors (Lipinski definition) is 6. The molecule has 1 N–H and O–H groups in total. The maximum absolute atomic E-state index is 12.5. The van der Waals surface area contributed by atoms with Crippen molar-refractivity contribution < 1.29 is 23.5 Å². The van der Waals surface area contributed by atoms with Crippen LogP contribution in [0, 0.1) is 0 Å². The summed E-state index contributed by atoms with van der Waals surface area (Å²) in [6.45, 7) is -0.267. The van der Waals surface area contributed by atoms with E-state index in [-0.39, 0.29) is 18.2 Å². The number of nitrogens with zero attached hydrogens (tertiary/aromatic N) is 3. The average molecular weight is 380 g/mol. The number of para-hydroxylation sites is 2. The largest absolute Gasteiger partial charge is 0.452 e. The van der Waals surface area contributed by atoms with Crippen LogP contribution in [0.1, 0.15) is 16.3 Å². The molecule has 1 aromatic carbocycles. The van der Waals surface area contributed by atoms with Gasteiger partial charge in [0.15, 0.2) is 6.61 Å². The third-order valence-electron chi connectivity index (χ3n) is 4.14. The van der Waals surface area contributed by atoms with Crippen molar-refractivity contribution in [1.29, 1.82) is 0 Å². The summed E-state index contributed by atoms with van der Waals surface area (Å²) in [5.41, 5.74) is 1.09. The third-order valence-corrected chi connectivity index (χ3v) is 4.14. The number of esters is 1. The molecule has 0 spiro atoms. The highest BCUT2D eigenvalue weighted by molar-refractivity contribution is 6.10. The highest BCUT2D eigenvalue weighted by Gasteiger charge is 2.27. The predicted octanol–water partition coefficient (Wildman–Crippen LogP) is 1.67. The van der Waals surface area contributed by atoms with E-state index in [2.05, 4.69) is 10.4 Å². The van der Waals surface area contributed by atoms with E-state index in [1.54, 1.807) is 53.5 Å². The number of furan rings is 1. The number of amides is 2. The molecule has 9 heteroatoms. The number of benzene rings is 1. The first-order valence-corrected chi connectivity index (χ1v) is 8.52. The zero-order valence-electron chi connectivity index (χ0n) is 14.7. The van der Waals surface area contributed by atoms with E-state index >= 15 is 0 Å². The van der Waals surface area contributed by atoms with Crippen molar-refractivity contribution in [2.75, 3.05) is 23.4 Å². The minimum absolute atomic E-state index is 0.00764. The predicted molar refractivity (Wildman–Crippen MR) is 97.7 cm³/mol. The summed E-state index contributed by atoms with van der Waals surface area (Å²) in [7, 11) is 0. The van der Waals surface area contributed by atoms with Crippen LogP contribution >= 0.6 is 0 Å². The number of nitrogens with one attached hydrogen (secondary N) is 1. The van der Waals surface area contributed by atoms with Gasteiger partial charge < -0.3 is 14.5 Å². The van der Waals surface area contributed by atoms with Crippen LogP contribution in [0.15, 0.2) is 59.3 Å². The maximum Gasteiger partial charge on any atom is 0.374 e. The second kappa shape index (κ2) is 7.39. The molecule has 4 rings (SSSR count). The number of carbonyl (C=O) groups is 3. The molecule has 0 unspecified atom stereocenters. The minimum atomic E-state index is -0.755. The van der Waals surface area contributed by atoms with Crippen LogP contribution in [-0.4, -0.2) is 40.7 Å². The molecule has 0 fully saturated rings. The quantitative estimate of drug-likeness (QED) is 0.675. The molecule has 2 aromatic heterocycles. The van der Waals surface area contributed by atoms with Gasteiger partial charge in [0, 0.05) is 12.4 Å². The normalized spacial score (nSPS) is 13.0. The van der Waals surface area contributed by atoms with Gasteiger partial charge in [0.25, 0.3) is 5.91 Å². The number of hydrogen-bond donors (Lipinski definition) is 1. The monoisotopic (exact) mass is 380 g/mol.